The number of carbonyl (C=O) groups excluding carboxylic acids is 2. The van der Waals surface area contributed by atoms with Gasteiger partial charge in [-0.1, -0.05) is 18.2 Å². The van der Waals surface area contributed by atoms with Crippen LogP contribution in [0.2, 0.25) is 0 Å². The molecule has 5 aromatic rings. The van der Waals surface area contributed by atoms with Crippen LogP contribution >= 0.6 is 0 Å². The van der Waals surface area contributed by atoms with E-state index in [2.05, 4.69) is 25.3 Å². The van der Waals surface area contributed by atoms with E-state index >= 15 is 0 Å². The first-order chi connectivity index (χ1) is 19.1. The maximum atomic E-state index is 13.3. The van der Waals surface area contributed by atoms with Crippen molar-refractivity contribution in [2.45, 2.75) is 0 Å². The van der Waals surface area contributed by atoms with Gasteiger partial charge in [-0.25, -0.2) is 22.6 Å². The van der Waals surface area contributed by atoms with Crippen LogP contribution in [0.25, 0.3) is 22.3 Å². The van der Waals surface area contributed by atoms with Crippen LogP contribution in [0.3, 0.4) is 0 Å². The number of amides is 2. The summed E-state index contributed by atoms with van der Waals surface area (Å²) >= 11 is 0. The Labute approximate surface area is 229 Å². The summed E-state index contributed by atoms with van der Waals surface area (Å²) in [6.45, 7) is 0. The van der Waals surface area contributed by atoms with Crippen molar-refractivity contribution in [2.24, 2.45) is 0 Å². The fourth-order valence-corrected chi connectivity index (χ4v) is 4.51. The average molecular weight is 556 g/mol. The summed E-state index contributed by atoms with van der Waals surface area (Å²) in [4.78, 5) is 34.4. The lowest BCUT2D eigenvalue weighted by atomic mass is 10.0. The molecule has 0 bridgehead atoms. The van der Waals surface area contributed by atoms with E-state index in [0.29, 0.717) is 44.9 Å². The molecule has 200 valence electrons. The highest BCUT2D eigenvalue weighted by atomic mass is 32.2. The molecule has 0 unspecified atom stereocenters. The molecule has 0 aliphatic carbocycles. The monoisotopic (exact) mass is 555 g/mol. The number of nitrogens with one attached hydrogen (secondary N) is 3. The van der Waals surface area contributed by atoms with Crippen LogP contribution in [0, 0.1) is 5.82 Å². The molecule has 11 heteroatoms. The van der Waals surface area contributed by atoms with Crippen molar-refractivity contribution in [3.8, 4) is 11.3 Å². The minimum atomic E-state index is -3.38. The van der Waals surface area contributed by atoms with Crippen molar-refractivity contribution < 1.29 is 22.4 Å². The van der Waals surface area contributed by atoms with Crippen LogP contribution in [0.4, 0.5) is 26.2 Å². The van der Waals surface area contributed by atoms with Gasteiger partial charge in [-0.05, 0) is 72.8 Å². The molecule has 2 amide bonds. The number of hydrogen-bond donors (Lipinski definition) is 3. The van der Waals surface area contributed by atoms with Crippen molar-refractivity contribution >= 4 is 49.9 Å². The zero-order chi connectivity index (χ0) is 28.3. The van der Waals surface area contributed by atoms with Crippen molar-refractivity contribution in [3.05, 3.63) is 114 Å². The van der Waals surface area contributed by atoms with E-state index in [1.807, 2.05) is 0 Å². The first-order valence-corrected chi connectivity index (χ1v) is 13.9. The normalized spacial score (nSPS) is 11.2. The van der Waals surface area contributed by atoms with Gasteiger partial charge in [-0.3, -0.25) is 14.5 Å². The summed E-state index contributed by atoms with van der Waals surface area (Å²) in [5, 5.41) is 5.18. The number of halogens is 1. The molecular weight excluding hydrogens is 533 g/mol. The standard InChI is InChI=1S/C29H22FN5O4S/c1-40(38,39)35-23-12-5-18(6-13-23)27-17-31-25-14-9-20(15-26(25)34-27)28(36)19-7-10-22(11-8-19)32-29(37)33-24-4-2-3-21(30)16-24/h2-17,35H,1H3,(H2,32,33,37). The van der Waals surface area contributed by atoms with Gasteiger partial charge in [0.2, 0.25) is 10.0 Å². The Hall–Kier alpha value is -5.16. The number of anilines is 3. The first-order valence-electron chi connectivity index (χ1n) is 12.0. The summed E-state index contributed by atoms with van der Waals surface area (Å²) in [7, 11) is -3.38. The van der Waals surface area contributed by atoms with Gasteiger partial charge in [-0.15, -0.1) is 0 Å². The first kappa shape index (κ1) is 26.4. The Morgan fingerprint density at radius 2 is 1.43 bits per heavy atom. The maximum Gasteiger partial charge on any atom is 0.323 e. The predicted octanol–water partition coefficient (Wildman–Crippen LogP) is 5.68. The Morgan fingerprint density at radius 3 is 2.12 bits per heavy atom. The summed E-state index contributed by atoms with van der Waals surface area (Å²) in [5.74, 6) is -0.698. The van der Waals surface area contributed by atoms with Crippen LogP contribution in [0.5, 0.6) is 0 Å². The Kier molecular flexibility index (Phi) is 7.21. The average Bonchev–Trinajstić information content (AvgIpc) is 2.92. The number of rotatable bonds is 7. The molecule has 3 N–H and O–H groups in total. The maximum absolute atomic E-state index is 13.3. The van der Waals surface area contributed by atoms with Crippen molar-refractivity contribution in [2.75, 3.05) is 21.6 Å². The van der Waals surface area contributed by atoms with Crippen molar-refractivity contribution in [1.29, 1.82) is 0 Å². The molecule has 40 heavy (non-hydrogen) atoms. The molecule has 0 saturated heterocycles. The number of carbonyl (C=O) groups is 2. The molecule has 0 radical (unpaired) electrons. The molecule has 4 aromatic carbocycles. The lowest BCUT2D eigenvalue weighted by Crippen LogP contribution is -2.19. The van der Waals surface area contributed by atoms with E-state index in [1.165, 1.54) is 18.2 Å². The van der Waals surface area contributed by atoms with Gasteiger partial charge in [-0.2, -0.15) is 0 Å². The van der Waals surface area contributed by atoms with Crippen LogP contribution < -0.4 is 15.4 Å². The highest BCUT2D eigenvalue weighted by Crippen LogP contribution is 2.23. The Morgan fingerprint density at radius 1 is 0.750 bits per heavy atom. The predicted molar refractivity (Wildman–Crippen MR) is 152 cm³/mol. The third-order valence-electron chi connectivity index (χ3n) is 5.78. The Balaban J connectivity index is 1.30. The van der Waals surface area contributed by atoms with Crippen LogP contribution in [-0.2, 0) is 10.0 Å². The topological polar surface area (TPSA) is 130 Å². The van der Waals surface area contributed by atoms with Gasteiger partial charge in [0.05, 0.1) is 29.2 Å². The molecule has 0 aliphatic rings. The minimum Gasteiger partial charge on any atom is -0.308 e. The summed E-state index contributed by atoms with van der Waals surface area (Å²) < 4.78 is 38.6. The fraction of sp³-hybridized carbons (Fsp3) is 0.0345. The molecule has 9 nitrogen and oxygen atoms in total. The van der Waals surface area contributed by atoms with E-state index < -0.39 is 21.9 Å². The highest BCUT2D eigenvalue weighted by Gasteiger charge is 2.13. The van der Waals surface area contributed by atoms with E-state index in [9.17, 15) is 22.4 Å². The zero-order valence-electron chi connectivity index (χ0n) is 21.1. The fourth-order valence-electron chi connectivity index (χ4n) is 3.95. The molecule has 5 rings (SSSR count). The van der Waals surface area contributed by atoms with E-state index in [4.69, 9.17) is 0 Å². The largest absolute Gasteiger partial charge is 0.323 e. The number of hydrogen-bond acceptors (Lipinski definition) is 6. The van der Waals surface area contributed by atoms with Gasteiger partial charge in [0.15, 0.2) is 5.78 Å². The molecule has 0 saturated carbocycles. The van der Waals surface area contributed by atoms with Crippen molar-refractivity contribution in [3.63, 3.8) is 0 Å². The number of aromatic nitrogens is 2. The number of urea groups is 1. The summed E-state index contributed by atoms with van der Waals surface area (Å²) in [5.41, 5.74) is 4.45. The second-order valence-corrected chi connectivity index (χ2v) is 10.7. The number of benzene rings is 4. The lowest BCUT2D eigenvalue weighted by molar-refractivity contribution is 0.103. The van der Waals surface area contributed by atoms with Gasteiger partial charge in [0.1, 0.15) is 5.82 Å². The number of fused-ring (bicyclic) bond motifs is 1. The minimum absolute atomic E-state index is 0.235. The van der Waals surface area contributed by atoms with Gasteiger partial charge in [0, 0.05) is 33.8 Å². The molecule has 0 aliphatic heterocycles. The molecule has 0 atom stereocenters. The van der Waals surface area contributed by atoms with Gasteiger partial charge < -0.3 is 10.6 Å². The zero-order valence-corrected chi connectivity index (χ0v) is 21.9. The quantitative estimate of drug-likeness (QED) is 0.222. The molecular formula is C29H22FN5O4S. The molecule has 1 heterocycles. The van der Waals surface area contributed by atoms with Crippen LogP contribution in [0.15, 0.2) is 97.2 Å². The van der Waals surface area contributed by atoms with Gasteiger partial charge >= 0.3 is 6.03 Å². The summed E-state index contributed by atoms with van der Waals surface area (Å²) in [6, 6.07) is 23.1. The van der Waals surface area contributed by atoms with Gasteiger partial charge in [0.25, 0.3) is 0 Å². The van der Waals surface area contributed by atoms with Crippen molar-refractivity contribution in [1.82, 2.24) is 9.97 Å². The molecule has 0 spiro atoms. The van der Waals surface area contributed by atoms with Crippen LogP contribution in [0.1, 0.15) is 15.9 Å². The third kappa shape index (κ3) is 6.45. The smallest absolute Gasteiger partial charge is 0.308 e. The van der Waals surface area contributed by atoms with E-state index in [-0.39, 0.29) is 5.78 Å². The molecule has 0 fully saturated rings. The SMILES string of the molecule is CS(=O)(=O)Nc1ccc(-c2cnc3ccc(C(=O)c4ccc(NC(=O)Nc5cccc(F)c5)cc4)cc3n2)cc1. The Bertz CT molecular complexity index is 1840. The highest BCUT2D eigenvalue weighted by molar-refractivity contribution is 7.92. The second kappa shape index (κ2) is 10.9. The summed E-state index contributed by atoms with van der Waals surface area (Å²) in [6.07, 6.45) is 2.69. The number of sulfonamides is 1. The lowest BCUT2D eigenvalue weighted by Gasteiger charge is -2.09. The van der Waals surface area contributed by atoms with E-state index in [0.717, 1.165) is 11.8 Å². The van der Waals surface area contributed by atoms with E-state index in [1.54, 1.807) is 79.0 Å². The third-order valence-corrected chi connectivity index (χ3v) is 6.38. The number of nitrogens with zero attached hydrogens (tertiary/aromatic N) is 2. The second-order valence-electron chi connectivity index (χ2n) is 8.91. The number of ketones is 1. The van der Waals surface area contributed by atoms with Crippen LogP contribution in [-0.4, -0.2) is 36.5 Å². The molecule has 1 aromatic heterocycles.